The Morgan fingerprint density at radius 3 is 2.55 bits per heavy atom. The number of ether oxygens (including phenoxy) is 2. The first kappa shape index (κ1) is 21.7. The van der Waals surface area contributed by atoms with Crippen LogP contribution in [0.15, 0.2) is 42.5 Å². The second-order valence-electron chi connectivity index (χ2n) is 7.57. The molecule has 2 atom stereocenters. The van der Waals surface area contributed by atoms with Crippen LogP contribution in [0.25, 0.3) is 0 Å². The van der Waals surface area contributed by atoms with E-state index in [1.54, 1.807) is 18.2 Å². The second kappa shape index (κ2) is 8.03. The van der Waals surface area contributed by atoms with Crippen LogP contribution in [0.3, 0.4) is 0 Å². The summed E-state index contributed by atoms with van der Waals surface area (Å²) in [7, 11) is 0. The van der Waals surface area contributed by atoms with Gasteiger partial charge >= 0.3 is 6.18 Å². The number of amides is 1. The van der Waals surface area contributed by atoms with Gasteiger partial charge in [-0.05, 0) is 35.9 Å². The zero-order valence-corrected chi connectivity index (χ0v) is 18.1. The van der Waals surface area contributed by atoms with E-state index in [-0.39, 0.29) is 24.7 Å². The summed E-state index contributed by atoms with van der Waals surface area (Å²) in [6.45, 7) is 0.0607. The van der Waals surface area contributed by atoms with Crippen molar-refractivity contribution in [3.05, 3.63) is 63.8 Å². The molecular weight excluding hydrogens is 484 g/mol. The van der Waals surface area contributed by atoms with Crippen molar-refractivity contribution in [1.82, 2.24) is 9.78 Å². The molecule has 172 valence electrons. The summed E-state index contributed by atoms with van der Waals surface area (Å²) in [4.78, 5) is 12.7. The Balaban J connectivity index is 1.45. The molecule has 7 nitrogen and oxygen atoms in total. The lowest BCUT2D eigenvalue weighted by Gasteiger charge is -2.33. The Morgan fingerprint density at radius 1 is 1.09 bits per heavy atom. The van der Waals surface area contributed by atoms with E-state index in [4.69, 9.17) is 32.7 Å². The van der Waals surface area contributed by atoms with Crippen LogP contribution >= 0.6 is 23.2 Å². The smallest absolute Gasteiger partial charge is 0.410 e. The molecule has 2 N–H and O–H groups in total. The summed E-state index contributed by atoms with van der Waals surface area (Å²) in [6.07, 6.45) is -4.89. The summed E-state index contributed by atoms with van der Waals surface area (Å²) in [6, 6.07) is 8.08. The highest BCUT2D eigenvalue weighted by Crippen LogP contribution is 2.45. The highest BCUT2D eigenvalue weighted by molar-refractivity contribution is 6.35. The van der Waals surface area contributed by atoms with Crippen LogP contribution < -0.4 is 20.1 Å². The zero-order valence-electron chi connectivity index (χ0n) is 16.6. The van der Waals surface area contributed by atoms with E-state index in [1.807, 2.05) is 0 Å². The van der Waals surface area contributed by atoms with Crippen LogP contribution in [0.1, 0.15) is 34.6 Å². The quantitative estimate of drug-likeness (QED) is 0.474. The maximum atomic E-state index is 13.9. The van der Waals surface area contributed by atoms with Gasteiger partial charge in [-0.1, -0.05) is 29.3 Å². The number of rotatable bonds is 3. The number of anilines is 2. The van der Waals surface area contributed by atoms with E-state index >= 15 is 0 Å². The fourth-order valence-corrected chi connectivity index (χ4v) is 4.38. The lowest BCUT2D eigenvalue weighted by Crippen LogP contribution is -2.35. The van der Waals surface area contributed by atoms with Crippen LogP contribution in [-0.4, -0.2) is 28.7 Å². The molecule has 0 saturated carbocycles. The van der Waals surface area contributed by atoms with Gasteiger partial charge in [0.1, 0.15) is 5.82 Å². The molecule has 2 aromatic carbocycles. The Labute approximate surface area is 195 Å². The van der Waals surface area contributed by atoms with Crippen molar-refractivity contribution in [2.24, 2.45) is 0 Å². The van der Waals surface area contributed by atoms with Crippen LogP contribution in [0.2, 0.25) is 10.0 Å². The molecule has 1 amide bonds. The highest BCUT2D eigenvalue weighted by atomic mass is 35.5. The van der Waals surface area contributed by atoms with E-state index in [1.165, 1.54) is 24.3 Å². The molecular formula is C21H15Cl2F3N4O3. The summed E-state index contributed by atoms with van der Waals surface area (Å²) in [5.74, 6) is 0.377. The standard InChI is InChI=1S/C21H15Cl2F3N4O3/c22-11-4-12(23)6-13(5-11)27-20(31)15-8-19-28-14(7-18(21(24,25)26)30(19)29-15)10-1-2-16-17(3-10)33-9-32-16/h1-6,8,14,18,28H,7,9H2,(H,27,31)/t14-,18+/m1/s1. The van der Waals surface area contributed by atoms with Gasteiger partial charge in [-0.2, -0.15) is 18.3 Å². The minimum Gasteiger partial charge on any atom is -0.454 e. The van der Waals surface area contributed by atoms with Crippen LogP contribution in [0.4, 0.5) is 24.7 Å². The molecule has 0 spiro atoms. The van der Waals surface area contributed by atoms with E-state index < -0.39 is 24.2 Å². The number of hydrogen-bond acceptors (Lipinski definition) is 5. The first-order valence-electron chi connectivity index (χ1n) is 9.77. The van der Waals surface area contributed by atoms with Gasteiger partial charge < -0.3 is 20.1 Å². The van der Waals surface area contributed by atoms with Gasteiger partial charge in [-0.25, -0.2) is 4.68 Å². The second-order valence-corrected chi connectivity index (χ2v) is 8.45. The van der Waals surface area contributed by atoms with E-state index in [0.717, 1.165) is 4.68 Å². The number of carbonyl (C=O) groups excluding carboxylic acids is 1. The van der Waals surface area contributed by atoms with E-state index in [9.17, 15) is 18.0 Å². The maximum absolute atomic E-state index is 13.9. The molecule has 0 fully saturated rings. The molecule has 0 unspecified atom stereocenters. The molecule has 5 rings (SSSR count). The summed E-state index contributed by atoms with van der Waals surface area (Å²) >= 11 is 11.9. The minimum absolute atomic E-state index is 0.0607. The Hall–Kier alpha value is -3.11. The SMILES string of the molecule is O=C(Nc1cc(Cl)cc(Cl)c1)c1cc2n(n1)[C@H](C(F)(F)F)C[C@H](c1ccc3c(c1)OCO3)N2. The first-order chi connectivity index (χ1) is 15.7. The molecule has 3 heterocycles. The van der Waals surface area contributed by atoms with Crippen molar-refractivity contribution in [2.75, 3.05) is 17.4 Å². The summed E-state index contributed by atoms with van der Waals surface area (Å²) in [5, 5.41) is 10.1. The van der Waals surface area contributed by atoms with Crippen LogP contribution in [-0.2, 0) is 0 Å². The van der Waals surface area contributed by atoms with Crippen molar-refractivity contribution in [1.29, 1.82) is 0 Å². The number of benzene rings is 2. The molecule has 12 heteroatoms. The van der Waals surface area contributed by atoms with Gasteiger partial charge in [-0.15, -0.1) is 0 Å². The number of nitrogens with one attached hydrogen (secondary N) is 2. The highest BCUT2D eigenvalue weighted by Gasteiger charge is 2.47. The van der Waals surface area contributed by atoms with Crippen LogP contribution in [0.5, 0.6) is 11.5 Å². The lowest BCUT2D eigenvalue weighted by atomic mass is 9.96. The number of carbonyl (C=O) groups is 1. The third-order valence-electron chi connectivity index (χ3n) is 5.34. The fraction of sp³-hybridized carbons (Fsp3) is 0.238. The van der Waals surface area contributed by atoms with E-state index in [2.05, 4.69) is 15.7 Å². The average molecular weight is 499 g/mol. The van der Waals surface area contributed by atoms with Crippen LogP contribution in [0, 0.1) is 0 Å². The largest absolute Gasteiger partial charge is 0.454 e. The Kier molecular flexibility index (Phi) is 5.29. The maximum Gasteiger partial charge on any atom is 0.410 e. The van der Waals surface area contributed by atoms with E-state index in [0.29, 0.717) is 32.8 Å². The van der Waals surface area contributed by atoms with Gasteiger partial charge in [-0.3, -0.25) is 4.79 Å². The number of fused-ring (bicyclic) bond motifs is 2. The zero-order chi connectivity index (χ0) is 23.3. The third kappa shape index (κ3) is 4.28. The minimum atomic E-state index is -4.58. The van der Waals surface area contributed by atoms with Crippen molar-refractivity contribution >= 4 is 40.6 Å². The van der Waals surface area contributed by atoms with Gasteiger partial charge in [0.05, 0.1) is 6.04 Å². The molecule has 33 heavy (non-hydrogen) atoms. The average Bonchev–Trinajstić information content (AvgIpc) is 3.37. The summed E-state index contributed by atoms with van der Waals surface area (Å²) in [5.41, 5.74) is 0.705. The van der Waals surface area contributed by atoms with Crippen molar-refractivity contribution in [3.63, 3.8) is 0 Å². The molecule has 0 aliphatic carbocycles. The molecule has 2 aliphatic heterocycles. The molecule has 0 saturated heterocycles. The monoisotopic (exact) mass is 498 g/mol. The first-order valence-corrected chi connectivity index (χ1v) is 10.5. The third-order valence-corrected chi connectivity index (χ3v) is 5.78. The van der Waals surface area contributed by atoms with Gasteiger partial charge in [0, 0.05) is 28.2 Å². The number of aromatic nitrogens is 2. The molecule has 3 aromatic rings. The Bertz CT molecular complexity index is 1230. The number of halogens is 5. The predicted molar refractivity (Wildman–Crippen MR) is 115 cm³/mol. The number of alkyl halides is 3. The van der Waals surface area contributed by atoms with Gasteiger partial charge in [0.2, 0.25) is 6.79 Å². The topological polar surface area (TPSA) is 77.4 Å². The number of nitrogens with zero attached hydrogens (tertiary/aromatic N) is 2. The van der Waals surface area contributed by atoms with Crippen molar-refractivity contribution in [3.8, 4) is 11.5 Å². The van der Waals surface area contributed by atoms with Gasteiger partial charge in [0.15, 0.2) is 23.2 Å². The summed E-state index contributed by atoms with van der Waals surface area (Å²) < 4.78 is 53.1. The predicted octanol–water partition coefficient (Wildman–Crippen LogP) is 5.83. The normalized spacial score (nSPS) is 19.1. The lowest BCUT2D eigenvalue weighted by molar-refractivity contribution is -0.173. The number of hydrogen-bond donors (Lipinski definition) is 2. The Morgan fingerprint density at radius 2 is 1.82 bits per heavy atom. The molecule has 1 aromatic heterocycles. The molecule has 0 bridgehead atoms. The van der Waals surface area contributed by atoms with Gasteiger partial charge in [0.25, 0.3) is 5.91 Å². The fourth-order valence-electron chi connectivity index (χ4n) is 3.85. The van der Waals surface area contributed by atoms with Crippen molar-refractivity contribution in [2.45, 2.75) is 24.7 Å². The van der Waals surface area contributed by atoms with Crippen molar-refractivity contribution < 1.29 is 27.4 Å². The molecule has 0 radical (unpaired) electrons. The molecule has 2 aliphatic rings.